The summed E-state index contributed by atoms with van der Waals surface area (Å²) in [6.07, 6.45) is -0.137. The van der Waals surface area contributed by atoms with Crippen molar-refractivity contribution < 1.29 is 39.8 Å². The summed E-state index contributed by atoms with van der Waals surface area (Å²) in [6.45, 7) is 6.04. The number of nitrogens with zero attached hydrogens (tertiary/aromatic N) is 1. The van der Waals surface area contributed by atoms with E-state index >= 15 is 0 Å². The number of carbonyl (C=O) groups excluding carboxylic acids is 1. The Labute approximate surface area is 315 Å². The van der Waals surface area contributed by atoms with Crippen molar-refractivity contribution in [2.45, 2.75) is 108 Å². The van der Waals surface area contributed by atoms with Crippen LogP contribution < -0.4 is 26.4 Å². The van der Waals surface area contributed by atoms with E-state index in [2.05, 4.69) is 32.8 Å². The van der Waals surface area contributed by atoms with Crippen molar-refractivity contribution in [3.8, 4) is 23.3 Å². The lowest BCUT2D eigenvalue weighted by Gasteiger charge is -2.42. The molecule has 4 aliphatic rings. The number of aliphatic imine (C=N–C) groups is 1. The monoisotopic (exact) mass is 763 g/mol. The summed E-state index contributed by atoms with van der Waals surface area (Å²) in [7, 11) is 3.56. The summed E-state index contributed by atoms with van der Waals surface area (Å²) in [5.74, 6) is 7.66. The summed E-state index contributed by atoms with van der Waals surface area (Å²) < 4.78 is 12.5. The van der Waals surface area contributed by atoms with E-state index in [0.717, 1.165) is 43.9 Å². The van der Waals surface area contributed by atoms with Gasteiger partial charge in [0.25, 0.3) is 0 Å². The van der Waals surface area contributed by atoms with Crippen LogP contribution in [0.2, 0.25) is 0 Å². The summed E-state index contributed by atoms with van der Waals surface area (Å²) >= 11 is 0. The van der Waals surface area contributed by atoms with Gasteiger partial charge < -0.3 is 56.7 Å². The standard InChI is InChI=1S/C37H57N5O8S2/c1-23(43)36-9-5-25-4-3-8-37(22-39-12-14-51-52-15-13-40-35(38)41-21-36)20-28(7-11-42-37)50-33-17-26(30(34(47)48)19-31(33)46)16-29(25)32(49-24(2)44)18-27(45)6-10-36/h17,19,23,25,27-29,32,34,39,42-43,45-48H,3-4,6-8,10-16,18,20-22H2,1-2H3,(H3,38,40,41). The smallest absolute Gasteiger partial charge is 0.302 e. The molecule has 8 atom stereocenters. The zero-order valence-corrected chi connectivity index (χ0v) is 31.9. The molecule has 13 nitrogen and oxygen atoms in total. The normalized spacial score (nSPS) is 33.1. The lowest BCUT2D eigenvalue weighted by Crippen LogP contribution is -2.59. The van der Waals surface area contributed by atoms with Crippen LogP contribution in [0.15, 0.2) is 17.1 Å². The summed E-state index contributed by atoms with van der Waals surface area (Å²) in [4.78, 5) is 17.3. The van der Waals surface area contributed by atoms with Crippen molar-refractivity contribution in [3.05, 3.63) is 23.3 Å². The molecule has 290 valence electrons. The Kier molecular flexibility index (Phi) is 14.7. The number of hydrogen-bond acceptors (Lipinski definition) is 15. The van der Waals surface area contributed by atoms with Crippen LogP contribution in [0, 0.1) is 29.1 Å². The highest BCUT2D eigenvalue weighted by Crippen LogP contribution is 2.41. The molecule has 3 aliphatic heterocycles. The third-order valence-electron chi connectivity index (χ3n) is 11.0. The average Bonchev–Trinajstić information content (AvgIpc) is 3.09. The van der Waals surface area contributed by atoms with Crippen LogP contribution >= 0.6 is 21.6 Å². The molecule has 1 saturated heterocycles. The number of hydrogen-bond donors (Lipinski definition) is 9. The Bertz CT molecular complexity index is 1460. The minimum Gasteiger partial charge on any atom is -0.504 e. The third kappa shape index (κ3) is 10.8. The lowest BCUT2D eigenvalue weighted by atomic mass is 9.72. The zero-order valence-electron chi connectivity index (χ0n) is 30.3. The highest BCUT2D eigenvalue weighted by Gasteiger charge is 2.41. The first-order valence-corrected chi connectivity index (χ1v) is 21.1. The topological polar surface area (TPSA) is 211 Å². The Balaban J connectivity index is 1.68. The number of aliphatic hydroxyl groups is 4. The molecule has 6 bridgehead atoms. The number of guanidine groups is 1. The second-order valence-electron chi connectivity index (χ2n) is 14.8. The largest absolute Gasteiger partial charge is 0.504 e. The molecule has 0 radical (unpaired) electrons. The van der Waals surface area contributed by atoms with Gasteiger partial charge in [-0.15, -0.1) is 0 Å². The average molecular weight is 764 g/mol. The van der Waals surface area contributed by atoms with E-state index in [-0.39, 0.29) is 60.5 Å². The fraction of sp³-hybridized carbons (Fsp3) is 0.730. The molecule has 1 fully saturated rings. The van der Waals surface area contributed by atoms with Crippen molar-refractivity contribution in [3.63, 3.8) is 0 Å². The molecule has 0 aromatic heterocycles. The van der Waals surface area contributed by atoms with Crippen molar-refractivity contribution in [1.82, 2.24) is 16.0 Å². The van der Waals surface area contributed by atoms with E-state index in [0.29, 0.717) is 37.9 Å². The van der Waals surface area contributed by atoms with Crippen molar-refractivity contribution in [2.24, 2.45) is 28.0 Å². The maximum Gasteiger partial charge on any atom is 0.302 e. The van der Waals surface area contributed by atoms with Crippen LogP contribution in [0.1, 0.15) is 82.6 Å². The molecule has 0 saturated carbocycles. The Morgan fingerprint density at radius 1 is 1.13 bits per heavy atom. The maximum absolute atomic E-state index is 12.6. The number of aromatic hydroxyl groups is 1. The molecule has 8 unspecified atom stereocenters. The maximum atomic E-state index is 12.6. The molecular formula is C37H57N5O8S2. The Hall–Kier alpha value is -2.42. The molecule has 3 heterocycles. The van der Waals surface area contributed by atoms with Gasteiger partial charge in [0.2, 0.25) is 0 Å². The minimum atomic E-state index is -1.89. The van der Waals surface area contributed by atoms with Crippen LogP contribution in [-0.4, -0.2) is 112 Å². The molecule has 0 amide bonds. The van der Waals surface area contributed by atoms with Gasteiger partial charge in [0.05, 0.1) is 24.2 Å². The third-order valence-corrected chi connectivity index (χ3v) is 13.4. The van der Waals surface area contributed by atoms with Gasteiger partial charge in [-0.2, -0.15) is 0 Å². The van der Waals surface area contributed by atoms with Gasteiger partial charge in [0.1, 0.15) is 12.2 Å². The number of rotatable bonds is 3. The molecule has 5 rings (SSSR count). The first-order valence-electron chi connectivity index (χ1n) is 18.6. The minimum absolute atomic E-state index is 0.110. The van der Waals surface area contributed by atoms with E-state index < -0.39 is 47.8 Å². The van der Waals surface area contributed by atoms with Gasteiger partial charge in [0, 0.05) is 73.8 Å². The number of benzene rings is 1. The molecular weight excluding hydrogens is 707 g/mol. The molecule has 52 heavy (non-hydrogen) atoms. The van der Waals surface area contributed by atoms with E-state index in [1.807, 2.05) is 0 Å². The Morgan fingerprint density at radius 3 is 2.67 bits per heavy atom. The number of nitrogens with two attached hydrogens (primary N) is 1. The first-order chi connectivity index (χ1) is 24.9. The molecule has 1 spiro atoms. The van der Waals surface area contributed by atoms with Crippen LogP contribution in [0.5, 0.6) is 11.5 Å². The summed E-state index contributed by atoms with van der Waals surface area (Å²) in [6, 6.07) is 2.99. The molecule has 1 aliphatic carbocycles. The van der Waals surface area contributed by atoms with E-state index in [1.54, 1.807) is 34.6 Å². The summed E-state index contributed by atoms with van der Waals surface area (Å²) in [5.41, 5.74) is 5.57. The highest BCUT2D eigenvalue weighted by atomic mass is 33.1. The van der Waals surface area contributed by atoms with Crippen LogP contribution in [0.25, 0.3) is 0 Å². The fourth-order valence-corrected chi connectivity index (χ4v) is 9.90. The number of nitrogens with one attached hydrogen (secondary N) is 3. The van der Waals surface area contributed by atoms with Crippen LogP contribution in [0.3, 0.4) is 0 Å². The molecule has 10 N–H and O–H groups in total. The highest BCUT2D eigenvalue weighted by molar-refractivity contribution is 8.76. The number of phenolic OH excluding ortho intramolecular Hbond substituents is 1. The number of fused-ring (bicyclic) bond motifs is 6. The molecule has 1 aromatic rings. The Morgan fingerprint density at radius 2 is 1.92 bits per heavy atom. The number of esters is 1. The van der Waals surface area contributed by atoms with E-state index in [9.17, 15) is 30.3 Å². The number of carbonyl (C=O) groups is 1. The van der Waals surface area contributed by atoms with E-state index in [1.165, 1.54) is 13.0 Å². The van der Waals surface area contributed by atoms with E-state index in [4.69, 9.17) is 15.2 Å². The summed E-state index contributed by atoms with van der Waals surface area (Å²) in [5, 5.41) is 65.5. The first kappa shape index (κ1) is 40.8. The lowest BCUT2D eigenvalue weighted by molar-refractivity contribution is -0.152. The van der Waals surface area contributed by atoms with Gasteiger partial charge in [-0.1, -0.05) is 39.8 Å². The van der Waals surface area contributed by atoms with Crippen molar-refractivity contribution in [1.29, 1.82) is 0 Å². The van der Waals surface area contributed by atoms with Gasteiger partial charge in [-0.3, -0.25) is 9.79 Å². The van der Waals surface area contributed by atoms with Crippen LogP contribution in [-0.2, 0) is 16.0 Å². The quantitative estimate of drug-likeness (QED) is 0.0933. The fourth-order valence-electron chi connectivity index (χ4n) is 8.04. The predicted octanol–water partition coefficient (Wildman–Crippen LogP) is 1.94. The number of piperidine rings is 1. The SMILES string of the molecule is CC(=O)OC1CC(O)CCC2(C(C)O)C#CC3CCCC4(CNCCSSCCNC(N)=NC2)CC(CCN4)Oc2cc(c(C(O)O)cc2O)CC31. The number of phenols is 1. The van der Waals surface area contributed by atoms with Crippen molar-refractivity contribution in [2.75, 3.05) is 44.2 Å². The molecule has 15 heteroatoms. The van der Waals surface area contributed by atoms with Gasteiger partial charge >= 0.3 is 5.97 Å². The second kappa shape index (κ2) is 18.8. The number of ether oxygens (including phenoxy) is 2. The van der Waals surface area contributed by atoms with Crippen LogP contribution in [0.4, 0.5) is 0 Å². The van der Waals surface area contributed by atoms with Gasteiger partial charge in [0.15, 0.2) is 23.7 Å². The van der Waals surface area contributed by atoms with Gasteiger partial charge in [-0.25, -0.2) is 0 Å². The number of aliphatic hydroxyl groups excluding tert-OH is 3. The van der Waals surface area contributed by atoms with Gasteiger partial charge in [-0.05, 0) is 69.7 Å². The molecule has 1 aromatic carbocycles. The zero-order chi connectivity index (χ0) is 37.3. The second-order valence-corrected chi connectivity index (χ2v) is 17.5. The van der Waals surface area contributed by atoms with Crippen molar-refractivity contribution >= 4 is 33.5 Å². The predicted molar refractivity (Wildman–Crippen MR) is 204 cm³/mol.